The number of anilines is 1. The number of esters is 1. The number of carbonyl (C=O) groups is 3. The zero-order valence-electron chi connectivity index (χ0n) is 17.2. The number of ether oxygens (including phenoxy) is 1. The van der Waals surface area contributed by atoms with Crippen LogP contribution in [0.1, 0.15) is 47.7 Å². The molecule has 1 atom stereocenters. The van der Waals surface area contributed by atoms with Gasteiger partial charge in [0.05, 0.1) is 5.56 Å². The Kier molecular flexibility index (Phi) is 5.84. The van der Waals surface area contributed by atoms with Crippen LogP contribution in [0.3, 0.4) is 0 Å². The number of amides is 2. The second kappa shape index (κ2) is 8.69. The maximum Gasteiger partial charge on any atom is 0.338 e. The summed E-state index contributed by atoms with van der Waals surface area (Å²) >= 11 is 0. The molecule has 2 amide bonds. The lowest BCUT2D eigenvalue weighted by Gasteiger charge is -2.31. The van der Waals surface area contributed by atoms with Gasteiger partial charge in [0.2, 0.25) is 5.91 Å². The standard InChI is InChI=1S/C24H26N2O4/c1-17(23(28)26-14-5-10-19-8-2-3-11-21(19)26)30-24(29)20-9-4-7-18(15-20)16-25-13-6-12-22(25)27/h2-4,7-9,11,15,17H,5-6,10,12-14,16H2,1H3. The highest BCUT2D eigenvalue weighted by molar-refractivity contribution is 5.99. The number of fused-ring (bicyclic) bond motifs is 1. The Bertz CT molecular complexity index is 971. The van der Waals surface area contributed by atoms with Crippen LogP contribution in [0.4, 0.5) is 5.69 Å². The Hall–Kier alpha value is -3.15. The molecule has 156 valence electrons. The van der Waals surface area contributed by atoms with Crippen molar-refractivity contribution >= 4 is 23.5 Å². The molecule has 1 saturated heterocycles. The number of likely N-dealkylation sites (tertiary alicyclic amines) is 1. The van der Waals surface area contributed by atoms with E-state index in [1.165, 1.54) is 0 Å². The van der Waals surface area contributed by atoms with Gasteiger partial charge in [-0.2, -0.15) is 0 Å². The molecule has 2 aromatic carbocycles. The van der Waals surface area contributed by atoms with Crippen LogP contribution in [-0.2, 0) is 27.3 Å². The van der Waals surface area contributed by atoms with Crippen LogP contribution in [0.15, 0.2) is 48.5 Å². The average Bonchev–Trinajstić information content (AvgIpc) is 3.17. The Morgan fingerprint density at radius 2 is 1.83 bits per heavy atom. The first-order valence-electron chi connectivity index (χ1n) is 10.5. The van der Waals surface area contributed by atoms with Crippen molar-refractivity contribution in [3.8, 4) is 0 Å². The Labute approximate surface area is 176 Å². The first-order valence-corrected chi connectivity index (χ1v) is 10.5. The fourth-order valence-corrected chi connectivity index (χ4v) is 4.15. The normalized spacial score (nSPS) is 16.9. The molecule has 6 nitrogen and oxygen atoms in total. The molecule has 0 saturated carbocycles. The Morgan fingerprint density at radius 1 is 1.03 bits per heavy atom. The molecule has 0 N–H and O–H groups in total. The number of nitrogens with zero attached hydrogens (tertiary/aromatic N) is 2. The van der Waals surface area contributed by atoms with Crippen molar-refractivity contribution < 1.29 is 19.1 Å². The highest BCUT2D eigenvalue weighted by Crippen LogP contribution is 2.27. The maximum atomic E-state index is 13.0. The van der Waals surface area contributed by atoms with Crippen LogP contribution in [0.2, 0.25) is 0 Å². The van der Waals surface area contributed by atoms with Crippen molar-refractivity contribution in [1.29, 1.82) is 0 Å². The molecule has 2 aliphatic heterocycles. The number of hydrogen-bond donors (Lipinski definition) is 0. The lowest BCUT2D eigenvalue weighted by atomic mass is 10.0. The lowest BCUT2D eigenvalue weighted by molar-refractivity contribution is -0.128. The van der Waals surface area contributed by atoms with Gasteiger partial charge in [-0.05, 0) is 55.5 Å². The van der Waals surface area contributed by atoms with Gasteiger partial charge < -0.3 is 14.5 Å². The highest BCUT2D eigenvalue weighted by Gasteiger charge is 2.28. The molecule has 1 fully saturated rings. The first kappa shape index (κ1) is 20.1. The SMILES string of the molecule is CC(OC(=O)c1cccc(CN2CCCC2=O)c1)C(=O)N1CCCc2ccccc21. The fraction of sp³-hybridized carbons (Fsp3) is 0.375. The third-order valence-corrected chi connectivity index (χ3v) is 5.72. The van der Waals surface area contributed by atoms with Gasteiger partial charge in [0.25, 0.3) is 5.91 Å². The topological polar surface area (TPSA) is 66.9 Å². The van der Waals surface area contributed by atoms with Crippen LogP contribution in [0.25, 0.3) is 0 Å². The van der Waals surface area contributed by atoms with Crippen LogP contribution < -0.4 is 4.90 Å². The number of aryl methyl sites for hydroxylation is 1. The molecule has 4 rings (SSSR count). The van der Waals surface area contributed by atoms with Crippen molar-refractivity contribution in [3.63, 3.8) is 0 Å². The van der Waals surface area contributed by atoms with Crippen LogP contribution in [0.5, 0.6) is 0 Å². The number of rotatable bonds is 5. The molecule has 2 heterocycles. The predicted molar refractivity (Wildman–Crippen MR) is 113 cm³/mol. The van der Waals surface area contributed by atoms with E-state index in [2.05, 4.69) is 0 Å². The second-order valence-electron chi connectivity index (χ2n) is 7.89. The van der Waals surface area contributed by atoms with E-state index >= 15 is 0 Å². The quantitative estimate of drug-likeness (QED) is 0.715. The molecular formula is C24H26N2O4. The van der Waals surface area contributed by atoms with Crippen molar-refractivity contribution in [3.05, 3.63) is 65.2 Å². The third kappa shape index (κ3) is 4.22. The van der Waals surface area contributed by atoms with Crippen molar-refractivity contribution in [2.75, 3.05) is 18.0 Å². The number of hydrogen-bond acceptors (Lipinski definition) is 4. The minimum atomic E-state index is -0.882. The molecule has 1 unspecified atom stereocenters. The molecule has 0 aliphatic carbocycles. The summed E-state index contributed by atoms with van der Waals surface area (Å²) in [5, 5.41) is 0. The molecule has 6 heteroatoms. The monoisotopic (exact) mass is 406 g/mol. The van der Waals surface area contributed by atoms with E-state index in [0.29, 0.717) is 25.1 Å². The van der Waals surface area contributed by atoms with Gasteiger partial charge in [-0.25, -0.2) is 4.79 Å². The van der Waals surface area contributed by atoms with Crippen LogP contribution in [0, 0.1) is 0 Å². The van der Waals surface area contributed by atoms with Crippen molar-refractivity contribution in [2.45, 2.75) is 45.3 Å². The molecule has 0 spiro atoms. The minimum Gasteiger partial charge on any atom is -0.449 e. The third-order valence-electron chi connectivity index (χ3n) is 5.72. The number of benzene rings is 2. The van der Waals surface area contributed by atoms with Crippen LogP contribution >= 0.6 is 0 Å². The second-order valence-corrected chi connectivity index (χ2v) is 7.89. The lowest BCUT2D eigenvalue weighted by Crippen LogP contribution is -2.42. The fourth-order valence-electron chi connectivity index (χ4n) is 4.15. The van der Waals surface area contributed by atoms with E-state index in [-0.39, 0.29) is 11.8 Å². The first-order chi connectivity index (χ1) is 14.5. The molecule has 0 radical (unpaired) electrons. The van der Waals surface area contributed by atoms with Gasteiger partial charge in [-0.3, -0.25) is 9.59 Å². The summed E-state index contributed by atoms with van der Waals surface area (Å²) in [5.74, 6) is -0.603. The van der Waals surface area contributed by atoms with Gasteiger partial charge >= 0.3 is 5.97 Å². The Morgan fingerprint density at radius 3 is 2.63 bits per heavy atom. The summed E-state index contributed by atoms with van der Waals surface area (Å²) < 4.78 is 5.50. The Balaban J connectivity index is 1.42. The van der Waals surface area contributed by atoms with E-state index in [1.807, 2.05) is 30.3 Å². The van der Waals surface area contributed by atoms with E-state index in [9.17, 15) is 14.4 Å². The minimum absolute atomic E-state index is 0.143. The number of para-hydroxylation sites is 1. The summed E-state index contributed by atoms with van der Waals surface area (Å²) in [4.78, 5) is 41.0. The van der Waals surface area contributed by atoms with Crippen molar-refractivity contribution in [2.24, 2.45) is 0 Å². The molecular weight excluding hydrogens is 380 g/mol. The van der Waals surface area contributed by atoms with Crippen molar-refractivity contribution in [1.82, 2.24) is 4.90 Å². The zero-order chi connectivity index (χ0) is 21.1. The highest BCUT2D eigenvalue weighted by atomic mass is 16.5. The van der Waals surface area contributed by atoms with E-state index in [4.69, 9.17) is 4.74 Å². The van der Waals surface area contributed by atoms with Gasteiger partial charge in [-0.15, -0.1) is 0 Å². The maximum absolute atomic E-state index is 13.0. The number of carbonyl (C=O) groups excluding carboxylic acids is 3. The molecule has 0 bridgehead atoms. The van der Waals surface area contributed by atoms with E-state index < -0.39 is 12.1 Å². The van der Waals surface area contributed by atoms with E-state index in [1.54, 1.807) is 34.9 Å². The average molecular weight is 406 g/mol. The largest absolute Gasteiger partial charge is 0.449 e. The smallest absolute Gasteiger partial charge is 0.338 e. The summed E-state index contributed by atoms with van der Waals surface area (Å²) in [6.07, 6.45) is 2.41. The summed E-state index contributed by atoms with van der Waals surface area (Å²) in [6.45, 7) is 3.47. The molecule has 30 heavy (non-hydrogen) atoms. The molecule has 0 aromatic heterocycles. The van der Waals surface area contributed by atoms with Gasteiger partial charge in [0.15, 0.2) is 6.10 Å². The summed E-state index contributed by atoms with van der Waals surface area (Å²) in [7, 11) is 0. The van der Waals surface area contributed by atoms with Gasteiger partial charge in [0.1, 0.15) is 0 Å². The summed E-state index contributed by atoms with van der Waals surface area (Å²) in [6, 6.07) is 14.9. The molecule has 2 aliphatic rings. The summed E-state index contributed by atoms with van der Waals surface area (Å²) in [5.41, 5.74) is 3.30. The van der Waals surface area contributed by atoms with E-state index in [0.717, 1.165) is 42.6 Å². The molecule has 2 aromatic rings. The predicted octanol–water partition coefficient (Wildman–Crippen LogP) is 3.33. The van der Waals surface area contributed by atoms with Crippen LogP contribution in [-0.4, -0.2) is 41.9 Å². The zero-order valence-corrected chi connectivity index (χ0v) is 17.2. The van der Waals surface area contributed by atoms with Gasteiger partial charge in [0, 0.05) is 31.7 Å². The van der Waals surface area contributed by atoms with Gasteiger partial charge in [-0.1, -0.05) is 30.3 Å².